The molecule has 0 aliphatic heterocycles. The van der Waals surface area contributed by atoms with E-state index < -0.39 is 0 Å². The quantitative estimate of drug-likeness (QED) is 0.765. The molecule has 0 atom stereocenters. The molecule has 96 valence electrons. The molecular weight excluding hydrogens is 296 g/mol. The first-order valence-corrected chi connectivity index (χ1v) is 7.84. The van der Waals surface area contributed by atoms with Crippen molar-refractivity contribution in [3.8, 4) is 21.1 Å². The van der Waals surface area contributed by atoms with Crippen molar-refractivity contribution >= 4 is 34.3 Å². The molecule has 5 heteroatoms. The summed E-state index contributed by atoms with van der Waals surface area (Å²) in [4.78, 5) is 5.76. The predicted octanol–water partition coefficient (Wildman–Crippen LogP) is 4.65. The van der Waals surface area contributed by atoms with Gasteiger partial charge in [-0.3, -0.25) is 0 Å². The van der Waals surface area contributed by atoms with Crippen molar-refractivity contribution < 1.29 is 0 Å². The fourth-order valence-corrected chi connectivity index (χ4v) is 3.66. The molecule has 0 bridgehead atoms. The van der Waals surface area contributed by atoms with Gasteiger partial charge in [0.1, 0.15) is 5.01 Å². The summed E-state index contributed by atoms with van der Waals surface area (Å²) in [6.45, 7) is 0.567. The van der Waals surface area contributed by atoms with Crippen molar-refractivity contribution in [3.05, 3.63) is 51.7 Å². The summed E-state index contributed by atoms with van der Waals surface area (Å²) >= 11 is 9.14. The number of benzene rings is 1. The Balaban J connectivity index is 1.91. The Kier molecular flexibility index (Phi) is 3.66. The van der Waals surface area contributed by atoms with E-state index in [0.29, 0.717) is 6.54 Å². The number of thiophene rings is 1. The fourth-order valence-electron chi connectivity index (χ4n) is 1.75. The monoisotopic (exact) mass is 306 g/mol. The molecular formula is C14H11ClN2S2. The lowest BCUT2D eigenvalue weighted by Crippen LogP contribution is -1.95. The SMILES string of the molecule is NCc1ccc(-c2nc(-c3ccc(Cl)s3)cs2)cc1. The molecule has 2 heterocycles. The van der Waals surface area contributed by atoms with Crippen molar-refractivity contribution in [2.75, 3.05) is 0 Å². The molecule has 0 unspecified atom stereocenters. The van der Waals surface area contributed by atoms with E-state index in [2.05, 4.69) is 22.5 Å². The first-order chi connectivity index (χ1) is 9.26. The average Bonchev–Trinajstić information content (AvgIpc) is 3.07. The summed E-state index contributed by atoms with van der Waals surface area (Å²) in [7, 11) is 0. The van der Waals surface area contributed by atoms with E-state index in [0.717, 1.165) is 31.0 Å². The standard InChI is InChI=1S/C14H11ClN2S2/c15-13-6-5-12(19-13)11-8-18-14(17-11)10-3-1-9(7-16)2-4-10/h1-6,8H,7,16H2. The molecule has 2 N–H and O–H groups in total. The van der Waals surface area contributed by atoms with Crippen LogP contribution in [0.4, 0.5) is 0 Å². The molecule has 3 rings (SSSR count). The summed E-state index contributed by atoms with van der Waals surface area (Å²) in [6, 6.07) is 12.1. The van der Waals surface area contributed by atoms with Crippen molar-refractivity contribution in [1.82, 2.24) is 4.98 Å². The lowest BCUT2D eigenvalue weighted by molar-refractivity contribution is 1.07. The summed E-state index contributed by atoms with van der Waals surface area (Å²) < 4.78 is 0.789. The van der Waals surface area contributed by atoms with Crippen molar-refractivity contribution in [2.45, 2.75) is 6.54 Å². The number of halogens is 1. The zero-order chi connectivity index (χ0) is 13.2. The Labute approximate surface area is 124 Å². The number of rotatable bonds is 3. The highest BCUT2D eigenvalue weighted by Gasteiger charge is 2.08. The van der Waals surface area contributed by atoms with Crippen LogP contribution in [0.15, 0.2) is 41.8 Å². The van der Waals surface area contributed by atoms with Crippen LogP contribution in [0.25, 0.3) is 21.1 Å². The van der Waals surface area contributed by atoms with Crippen LogP contribution in [0, 0.1) is 0 Å². The van der Waals surface area contributed by atoms with E-state index in [-0.39, 0.29) is 0 Å². The minimum atomic E-state index is 0.567. The Morgan fingerprint density at radius 1 is 1.11 bits per heavy atom. The number of hydrogen-bond donors (Lipinski definition) is 1. The normalized spacial score (nSPS) is 10.8. The fraction of sp³-hybridized carbons (Fsp3) is 0.0714. The van der Waals surface area contributed by atoms with E-state index in [1.54, 1.807) is 22.7 Å². The number of aromatic nitrogens is 1. The Hall–Kier alpha value is -1.20. The smallest absolute Gasteiger partial charge is 0.124 e. The van der Waals surface area contributed by atoms with Gasteiger partial charge in [0.25, 0.3) is 0 Å². The van der Waals surface area contributed by atoms with Crippen molar-refractivity contribution in [1.29, 1.82) is 0 Å². The lowest BCUT2D eigenvalue weighted by Gasteiger charge is -1.98. The van der Waals surface area contributed by atoms with E-state index in [1.165, 1.54) is 0 Å². The van der Waals surface area contributed by atoms with Crippen molar-refractivity contribution in [3.63, 3.8) is 0 Å². The molecule has 0 amide bonds. The third-order valence-corrected chi connectivity index (χ3v) is 4.91. The lowest BCUT2D eigenvalue weighted by atomic mass is 10.1. The summed E-state index contributed by atoms with van der Waals surface area (Å²) in [6.07, 6.45) is 0. The second kappa shape index (κ2) is 5.43. The van der Waals surface area contributed by atoms with Gasteiger partial charge in [-0.15, -0.1) is 22.7 Å². The Bertz CT molecular complexity index is 686. The minimum absolute atomic E-state index is 0.567. The summed E-state index contributed by atoms with van der Waals surface area (Å²) in [5.74, 6) is 0. The third-order valence-electron chi connectivity index (χ3n) is 2.77. The van der Waals surface area contributed by atoms with Gasteiger partial charge in [0.15, 0.2) is 0 Å². The van der Waals surface area contributed by atoms with Crippen LogP contribution in [0.2, 0.25) is 4.34 Å². The summed E-state index contributed by atoms with van der Waals surface area (Å²) in [5, 5.41) is 3.08. The largest absolute Gasteiger partial charge is 0.326 e. The Morgan fingerprint density at radius 2 is 1.89 bits per heavy atom. The molecule has 3 aromatic rings. The molecule has 19 heavy (non-hydrogen) atoms. The molecule has 0 aliphatic carbocycles. The van der Waals surface area contributed by atoms with Gasteiger partial charge < -0.3 is 5.73 Å². The van der Waals surface area contributed by atoms with Crippen molar-refractivity contribution in [2.24, 2.45) is 5.73 Å². The highest BCUT2D eigenvalue weighted by Crippen LogP contribution is 2.34. The zero-order valence-electron chi connectivity index (χ0n) is 9.97. The van der Waals surface area contributed by atoms with Gasteiger partial charge >= 0.3 is 0 Å². The van der Waals surface area contributed by atoms with E-state index in [4.69, 9.17) is 17.3 Å². The maximum atomic E-state index is 5.95. The maximum Gasteiger partial charge on any atom is 0.124 e. The molecule has 1 aromatic carbocycles. The predicted molar refractivity (Wildman–Crippen MR) is 83.8 cm³/mol. The molecule has 0 saturated carbocycles. The highest BCUT2D eigenvalue weighted by molar-refractivity contribution is 7.20. The van der Waals surface area contributed by atoms with Crippen LogP contribution in [0.5, 0.6) is 0 Å². The van der Waals surface area contributed by atoms with E-state index >= 15 is 0 Å². The molecule has 2 aromatic heterocycles. The first kappa shape index (κ1) is 12.8. The van der Waals surface area contributed by atoms with Gasteiger partial charge in [0.05, 0.1) is 14.9 Å². The van der Waals surface area contributed by atoms with Crippen LogP contribution in [-0.2, 0) is 6.54 Å². The minimum Gasteiger partial charge on any atom is -0.326 e. The van der Waals surface area contributed by atoms with E-state index in [1.807, 2.05) is 24.3 Å². The number of nitrogens with zero attached hydrogens (tertiary/aromatic N) is 1. The van der Waals surface area contributed by atoms with Crippen LogP contribution >= 0.6 is 34.3 Å². The highest BCUT2D eigenvalue weighted by atomic mass is 35.5. The molecule has 0 radical (unpaired) electrons. The topological polar surface area (TPSA) is 38.9 Å². The zero-order valence-corrected chi connectivity index (χ0v) is 12.4. The van der Waals surface area contributed by atoms with Crippen LogP contribution in [0.3, 0.4) is 0 Å². The van der Waals surface area contributed by atoms with Gasteiger partial charge in [-0.25, -0.2) is 4.98 Å². The van der Waals surface area contributed by atoms with E-state index in [9.17, 15) is 0 Å². The average molecular weight is 307 g/mol. The third kappa shape index (κ3) is 2.72. The van der Waals surface area contributed by atoms with Crippen LogP contribution < -0.4 is 5.73 Å². The Morgan fingerprint density at radius 3 is 2.53 bits per heavy atom. The number of nitrogens with two attached hydrogens (primary N) is 1. The molecule has 0 saturated heterocycles. The first-order valence-electron chi connectivity index (χ1n) is 5.77. The second-order valence-corrected chi connectivity index (χ2v) is 6.62. The molecule has 0 fully saturated rings. The molecule has 0 spiro atoms. The molecule has 0 aliphatic rings. The van der Waals surface area contributed by atoms with Crippen LogP contribution in [-0.4, -0.2) is 4.98 Å². The van der Waals surface area contributed by atoms with Gasteiger partial charge in [-0.1, -0.05) is 35.9 Å². The number of thiazole rings is 1. The molecule has 2 nitrogen and oxygen atoms in total. The van der Waals surface area contributed by atoms with Crippen LogP contribution in [0.1, 0.15) is 5.56 Å². The second-order valence-electron chi connectivity index (χ2n) is 4.04. The maximum absolute atomic E-state index is 5.95. The number of hydrogen-bond acceptors (Lipinski definition) is 4. The van der Waals surface area contributed by atoms with Gasteiger partial charge in [0.2, 0.25) is 0 Å². The van der Waals surface area contributed by atoms with Gasteiger partial charge in [-0.2, -0.15) is 0 Å². The van der Waals surface area contributed by atoms with Gasteiger partial charge in [-0.05, 0) is 17.7 Å². The summed E-state index contributed by atoms with van der Waals surface area (Å²) in [5.41, 5.74) is 8.83. The van der Waals surface area contributed by atoms with Gasteiger partial charge in [0, 0.05) is 17.5 Å².